The molecular weight excluding hydrogens is 275 g/mol. The zero-order valence-corrected chi connectivity index (χ0v) is 13.1. The molecule has 0 aromatic heterocycles. The molecule has 2 nitrogen and oxygen atoms in total. The van der Waals surface area contributed by atoms with E-state index in [4.69, 9.17) is 11.6 Å². The van der Waals surface area contributed by atoms with Crippen molar-refractivity contribution in [1.82, 2.24) is 10.2 Å². The Bertz CT molecular complexity index is 438. The van der Waals surface area contributed by atoms with Crippen LogP contribution in [0.25, 0.3) is 0 Å². The summed E-state index contributed by atoms with van der Waals surface area (Å²) >= 11 is 6.09. The van der Waals surface area contributed by atoms with Gasteiger partial charge in [-0.1, -0.05) is 24.9 Å². The minimum Gasteiger partial charge on any atom is -0.319 e. The molecule has 0 amide bonds. The molecule has 1 aromatic carbocycles. The van der Waals surface area contributed by atoms with Crippen LogP contribution < -0.4 is 5.32 Å². The lowest BCUT2D eigenvalue weighted by molar-refractivity contribution is 0.158. The third-order valence-corrected chi connectivity index (χ3v) is 4.49. The molecule has 1 aliphatic rings. The van der Waals surface area contributed by atoms with E-state index in [0.29, 0.717) is 10.9 Å². The van der Waals surface area contributed by atoms with Gasteiger partial charge in [-0.15, -0.1) is 0 Å². The van der Waals surface area contributed by atoms with Gasteiger partial charge in [0.1, 0.15) is 5.82 Å². The predicted octanol–water partition coefficient (Wildman–Crippen LogP) is 3.86. The van der Waals surface area contributed by atoms with Crippen LogP contribution in [0.3, 0.4) is 0 Å². The van der Waals surface area contributed by atoms with E-state index in [2.05, 4.69) is 17.1 Å². The summed E-state index contributed by atoms with van der Waals surface area (Å²) < 4.78 is 14.3. The highest BCUT2D eigenvalue weighted by molar-refractivity contribution is 6.30. The van der Waals surface area contributed by atoms with Crippen molar-refractivity contribution >= 4 is 11.6 Å². The monoisotopic (exact) mass is 298 g/mol. The molecular formula is C16H24ClFN2. The molecule has 0 saturated carbocycles. The number of nitrogens with one attached hydrogen (secondary N) is 1. The van der Waals surface area contributed by atoms with Gasteiger partial charge in [-0.2, -0.15) is 0 Å². The highest BCUT2D eigenvalue weighted by atomic mass is 35.5. The molecule has 2 atom stereocenters. The molecule has 1 N–H and O–H groups in total. The molecule has 0 aliphatic carbocycles. The van der Waals surface area contributed by atoms with Crippen LogP contribution in [0, 0.1) is 11.7 Å². The average molecular weight is 299 g/mol. The highest BCUT2D eigenvalue weighted by Crippen LogP contribution is 2.36. The first-order valence-electron chi connectivity index (χ1n) is 7.51. The number of rotatable bonds is 4. The van der Waals surface area contributed by atoms with Crippen molar-refractivity contribution in [3.8, 4) is 0 Å². The maximum Gasteiger partial charge on any atom is 0.128 e. The second-order valence-electron chi connectivity index (χ2n) is 5.55. The van der Waals surface area contributed by atoms with E-state index < -0.39 is 0 Å². The van der Waals surface area contributed by atoms with Crippen molar-refractivity contribution in [3.05, 3.63) is 34.6 Å². The van der Waals surface area contributed by atoms with Crippen LogP contribution in [0.1, 0.15) is 37.8 Å². The summed E-state index contributed by atoms with van der Waals surface area (Å²) in [6.07, 6.45) is 3.53. The Hall–Kier alpha value is -0.640. The number of hydrogen-bond acceptors (Lipinski definition) is 2. The van der Waals surface area contributed by atoms with Crippen LogP contribution in [0.2, 0.25) is 5.02 Å². The Morgan fingerprint density at radius 2 is 2.20 bits per heavy atom. The molecule has 0 radical (unpaired) electrons. The fourth-order valence-electron chi connectivity index (χ4n) is 3.34. The van der Waals surface area contributed by atoms with Gasteiger partial charge in [0.05, 0.1) is 0 Å². The first kappa shape index (κ1) is 15.7. The van der Waals surface area contributed by atoms with Crippen LogP contribution in [0.15, 0.2) is 18.2 Å². The fraction of sp³-hybridized carbons (Fsp3) is 0.625. The van der Waals surface area contributed by atoms with Crippen molar-refractivity contribution in [2.45, 2.75) is 32.2 Å². The second-order valence-corrected chi connectivity index (χ2v) is 5.99. The minimum absolute atomic E-state index is 0.119. The zero-order valence-electron chi connectivity index (χ0n) is 12.3. The van der Waals surface area contributed by atoms with E-state index in [1.807, 2.05) is 7.05 Å². The smallest absolute Gasteiger partial charge is 0.128 e. The molecule has 0 spiro atoms. The maximum atomic E-state index is 14.3. The largest absolute Gasteiger partial charge is 0.319 e. The van der Waals surface area contributed by atoms with Gasteiger partial charge in [-0.25, -0.2) is 4.39 Å². The lowest BCUT2D eigenvalue weighted by Crippen LogP contribution is -2.36. The summed E-state index contributed by atoms with van der Waals surface area (Å²) in [4.78, 5) is 2.39. The van der Waals surface area contributed by atoms with E-state index in [0.717, 1.165) is 31.6 Å². The van der Waals surface area contributed by atoms with Gasteiger partial charge in [0, 0.05) is 16.6 Å². The van der Waals surface area contributed by atoms with E-state index in [-0.39, 0.29) is 11.9 Å². The van der Waals surface area contributed by atoms with Crippen molar-refractivity contribution in [2.75, 3.05) is 26.7 Å². The second kappa shape index (κ2) is 7.39. The predicted molar refractivity (Wildman–Crippen MR) is 82.7 cm³/mol. The Morgan fingerprint density at radius 3 is 2.90 bits per heavy atom. The van der Waals surface area contributed by atoms with E-state index in [1.165, 1.54) is 18.9 Å². The Morgan fingerprint density at radius 1 is 1.40 bits per heavy atom. The number of benzene rings is 1. The van der Waals surface area contributed by atoms with Crippen LogP contribution in [0.5, 0.6) is 0 Å². The van der Waals surface area contributed by atoms with Gasteiger partial charge in [-0.3, -0.25) is 4.90 Å². The van der Waals surface area contributed by atoms with Gasteiger partial charge >= 0.3 is 0 Å². The van der Waals surface area contributed by atoms with Crippen LogP contribution in [-0.2, 0) is 0 Å². The standard InChI is InChI=1S/C16H24ClFN2/c1-3-20-9-5-4-6-12(11-19-2)16(20)14-10-13(17)7-8-15(14)18/h7-8,10,12,16,19H,3-6,9,11H2,1-2H3. The molecule has 2 rings (SSSR count). The summed E-state index contributed by atoms with van der Waals surface area (Å²) in [5.41, 5.74) is 0.751. The van der Waals surface area contributed by atoms with Crippen LogP contribution >= 0.6 is 11.6 Å². The molecule has 1 heterocycles. The Kier molecular flexibility index (Phi) is 5.82. The quantitative estimate of drug-likeness (QED) is 0.908. The fourth-order valence-corrected chi connectivity index (χ4v) is 3.52. The molecule has 4 heteroatoms. The van der Waals surface area contributed by atoms with Gasteiger partial charge in [0.15, 0.2) is 0 Å². The molecule has 1 fully saturated rings. The first-order valence-corrected chi connectivity index (χ1v) is 7.88. The van der Waals surface area contributed by atoms with Crippen molar-refractivity contribution in [2.24, 2.45) is 5.92 Å². The van der Waals surface area contributed by atoms with E-state index >= 15 is 0 Å². The third-order valence-electron chi connectivity index (χ3n) is 4.26. The average Bonchev–Trinajstić information content (AvgIpc) is 2.64. The maximum absolute atomic E-state index is 14.3. The van der Waals surface area contributed by atoms with E-state index in [1.54, 1.807) is 12.1 Å². The van der Waals surface area contributed by atoms with Gasteiger partial charge in [0.2, 0.25) is 0 Å². The number of likely N-dealkylation sites (tertiary alicyclic amines) is 1. The van der Waals surface area contributed by atoms with Crippen molar-refractivity contribution < 1.29 is 4.39 Å². The molecule has 2 unspecified atom stereocenters. The molecule has 0 bridgehead atoms. The minimum atomic E-state index is -0.138. The lowest BCUT2D eigenvalue weighted by atomic mass is 9.88. The number of hydrogen-bond donors (Lipinski definition) is 1. The summed E-state index contributed by atoms with van der Waals surface area (Å²) in [7, 11) is 1.96. The van der Waals surface area contributed by atoms with Crippen molar-refractivity contribution in [1.29, 1.82) is 0 Å². The summed E-state index contributed by atoms with van der Waals surface area (Å²) in [5.74, 6) is 0.288. The lowest BCUT2D eigenvalue weighted by Gasteiger charge is -2.35. The van der Waals surface area contributed by atoms with Crippen LogP contribution in [-0.4, -0.2) is 31.6 Å². The van der Waals surface area contributed by atoms with Gasteiger partial charge < -0.3 is 5.32 Å². The molecule has 112 valence electrons. The molecule has 1 aliphatic heterocycles. The van der Waals surface area contributed by atoms with Gasteiger partial charge in [-0.05, 0) is 63.6 Å². The Labute approximate surface area is 126 Å². The molecule has 20 heavy (non-hydrogen) atoms. The highest BCUT2D eigenvalue weighted by Gasteiger charge is 2.31. The third kappa shape index (κ3) is 3.51. The normalized spacial score (nSPS) is 24.6. The summed E-state index contributed by atoms with van der Waals surface area (Å²) in [6, 6.07) is 5.04. The topological polar surface area (TPSA) is 15.3 Å². The SMILES string of the molecule is CCN1CCCCC(CNC)C1c1cc(Cl)ccc1F. The Balaban J connectivity index is 2.40. The zero-order chi connectivity index (χ0) is 14.5. The summed E-state index contributed by atoms with van der Waals surface area (Å²) in [6.45, 7) is 5.04. The van der Waals surface area contributed by atoms with E-state index in [9.17, 15) is 4.39 Å². The molecule has 1 saturated heterocycles. The molecule has 1 aromatic rings. The van der Waals surface area contributed by atoms with Gasteiger partial charge in [0.25, 0.3) is 0 Å². The van der Waals surface area contributed by atoms with Crippen LogP contribution in [0.4, 0.5) is 4.39 Å². The first-order chi connectivity index (χ1) is 9.67. The van der Waals surface area contributed by atoms with Crippen molar-refractivity contribution in [3.63, 3.8) is 0 Å². The number of nitrogens with zero attached hydrogens (tertiary/aromatic N) is 1. The number of halogens is 2. The summed E-state index contributed by atoms with van der Waals surface area (Å²) in [5, 5.41) is 3.88.